The number of hydrogen-bond donors (Lipinski definition) is 1. The maximum Gasteiger partial charge on any atom is 0.162 e. The van der Waals surface area contributed by atoms with Crippen molar-refractivity contribution in [3.05, 3.63) is 35.6 Å². The highest BCUT2D eigenvalue weighted by atomic mass is 19.1. The van der Waals surface area contributed by atoms with Crippen molar-refractivity contribution in [1.29, 1.82) is 0 Å². The van der Waals surface area contributed by atoms with Crippen LogP contribution in [0.15, 0.2) is 24.3 Å². The Morgan fingerprint density at radius 2 is 2.00 bits per heavy atom. The molecule has 0 spiro atoms. The fourth-order valence-corrected chi connectivity index (χ4v) is 2.96. The fourth-order valence-electron chi connectivity index (χ4n) is 2.96. The van der Waals surface area contributed by atoms with Crippen LogP contribution in [0.2, 0.25) is 0 Å². The van der Waals surface area contributed by atoms with E-state index in [2.05, 4.69) is 4.90 Å². The molecule has 1 aliphatic heterocycles. The van der Waals surface area contributed by atoms with Gasteiger partial charge in [0.15, 0.2) is 5.78 Å². The van der Waals surface area contributed by atoms with Crippen molar-refractivity contribution in [1.82, 2.24) is 4.90 Å². The molecule has 1 aliphatic rings. The maximum absolute atomic E-state index is 12.8. The fraction of sp³-hybridized carbons (Fsp3) is 0.588. The number of aliphatic hydroxyl groups is 1. The van der Waals surface area contributed by atoms with E-state index < -0.39 is 0 Å². The Morgan fingerprint density at radius 1 is 1.24 bits per heavy atom. The quantitative estimate of drug-likeness (QED) is 0.820. The third-order valence-electron chi connectivity index (χ3n) is 4.23. The number of halogens is 1. The van der Waals surface area contributed by atoms with Gasteiger partial charge in [-0.2, -0.15) is 0 Å². The van der Waals surface area contributed by atoms with Crippen LogP contribution in [0.3, 0.4) is 0 Å². The summed E-state index contributed by atoms with van der Waals surface area (Å²) in [6.07, 6.45) is 5.87. The topological polar surface area (TPSA) is 40.5 Å². The summed E-state index contributed by atoms with van der Waals surface area (Å²) in [7, 11) is 0. The van der Waals surface area contributed by atoms with Crippen molar-refractivity contribution in [2.45, 2.75) is 44.6 Å². The molecule has 21 heavy (non-hydrogen) atoms. The summed E-state index contributed by atoms with van der Waals surface area (Å²) in [4.78, 5) is 14.3. The van der Waals surface area contributed by atoms with Crippen molar-refractivity contribution < 1.29 is 14.3 Å². The Kier molecular flexibility index (Phi) is 6.33. The van der Waals surface area contributed by atoms with Gasteiger partial charge in [0, 0.05) is 18.0 Å². The summed E-state index contributed by atoms with van der Waals surface area (Å²) >= 11 is 0. The summed E-state index contributed by atoms with van der Waals surface area (Å²) in [6.45, 7) is 2.06. The lowest BCUT2D eigenvalue weighted by Crippen LogP contribution is -2.38. The molecule has 1 aromatic carbocycles. The lowest BCUT2D eigenvalue weighted by atomic mass is 10.1. The van der Waals surface area contributed by atoms with Crippen LogP contribution in [-0.2, 0) is 0 Å². The molecule has 0 radical (unpaired) electrons. The number of carbonyl (C=O) groups excluding carboxylic acids is 1. The Morgan fingerprint density at radius 3 is 2.71 bits per heavy atom. The lowest BCUT2D eigenvalue weighted by molar-refractivity contribution is 0.0955. The minimum atomic E-state index is -0.318. The van der Waals surface area contributed by atoms with Crippen LogP contribution >= 0.6 is 0 Å². The molecule has 4 heteroatoms. The van der Waals surface area contributed by atoms with E-state index in [0.29, 0.717) is 12.0 Å². The van der Waals surface area contributed by atoms with Gasteiger partial charge in [-0.25, -0.2) is 4.39 Å². The third kappa shape index (κ3) is 4.90. The first-order valence-electron chi connectivity index (χ1n) is 7.84. The van der Waals surface area contributed by atoms with E-state index in [1.54, 1.807) is 12.1 Å². The lowest BCUT2D eigenvalue weighted by Gasteiger charge is -2.28. The molecule has 1 atom stereocenters. The largest absolute Gasteiger partial charge is 0.395 e. The number of aliphatic hydroxyl groups excluding tert-OH is 1. The molecule has 1 fully saturated rings. The molecule has 2 rings (SSSR count). The van der Waals surface area contributed by atoms with Gasteiger partial charge in [-0.05, 0) is 56.6 Å². The van der Waals surface area contributed by atoms with E-state index in [-0.39, 0.29) is 24.2 Å². The molecular weight excluding hydrogens is 269 g/mol. The predicted molar refractivity (Wildman–Crippen MR) is 80.9 cm³/mol. The van der Waals surface area contributed by atoms with Crippen molar-refractivity contribution in [2.24, 2.45) is 0 Å². The minimum absolute atomic E-state index is 0.0605. The van der Waals surface area contributed by atoms with Crippen molar-refractivity contribution in [3.63, 3.8) is 0 Å². The van der Waals surface area contributed by atoms with Gasteiger partial charge in [-0.1, -0.05) is 12.8 Å². The Bertz CT molecular complexity index is 447. The summed E-state index contributed by atoms with van der Waals surface area (Å²) in [6, 6.07) is 5.97. The third-order valence-corrected chi connectivity index (χ3v) is 4.23. The summed E-state index contributed by atoms with van der Waals surface area (Å²) in [5.41, 5.74) is 0.575. The molecule has 1 aromatic rings. The zero-order valence-corrected chi connectivity index (χ0v) is 12.4. The molecule has 0 aliphatic carbocycles. The van der Waals surface area contributed by atoms with Crippen LogP contribution in [0, 0.1) is 5.82 Å². The second-order valence-electron chi connectivity index (χ2n) is 5.76. The van der Waals surface area contributed by atoms with Crippen LogP contribution in [0.1, 0.15) is 48.9 Å². The molecule has 3 nitrogen and oxygen atoms in total. The first kappa shape index (κ1) is 16.1. The number of ketones is 1. The van der Waals surface area contributed by atoms with Gasteiger partial charge in [0.25, 0.3) is 0 Å². The zero-order chi connectivity index (χ0) is 15.1. The second kappa shape index (κ2) is 8.25. The summed E-state index contributed by atoms with van der Waals surface area (Å²) < 4.78 is 12.8. The number of hydrogen-bond acceptors (Lipinski definition) is 3. The molecular formula is C17H24FNO2. The standard InChI is InChI=1S/C17H24FNO2/c18-15-9-7-14(8-10-15)17(21)6-4-12-19-11-3-1-2-5-16(19)13-20/h7-10,16,20H,1-6,11-13H2. The van der Waals surface area contributed by atoms with Gasteiger partial charge in [0.2, 0.25) is 0 Å². The number of rotatable bonds is 6. The highest BCUT2D eigenvalue weighted by Crippen LogP contribution is 2.17. The van der Waals surface area contributed by atoms with Crippen molar-refractivity contribution in [2.75, 3.05) is 19.7 Å². The first-order valence-corrected chi connectivity index (χ1v) is 7.84. The minimum Gasteiger partial charge on any atom is -0.395 e. The van der Waals surface area contributed by atoms with E-state index in [1.807, 2.05) is 0 Å². The molecule has 1 saturated heterocycles. The van der Waals surface area contributed by atoms with Gasteiger partial charge in [0.05, 0.1) is 6.61 Å². The van der Waals surface area contributed by atoms with E-state index in [4.69, 9.17) is 0 Å². The molecule has 1 N–H and O–H groups in total. The monoisotopic (exact) mass is 293 g/mol. The maximum atomic E-state index is 12.8. The molecule has 1 heterocycles. The van der Waals surface area contributed by atoms with E-state index in [0.717, 1.165) is 25.9 Å². The zero-order valence-electron chi connectivity index (χ0n) is 12.4. The number of carbonyl (C=O) groups is 1. The predicted octanol–water partition coefficient (Wildman–Crippen LogP) is 3.03. The number of likely N-dealkylation sites (tertiary alicyclic amines) is 1. The van der Waals surface area contributed by atoms with Gasteiger partial charge in [-0.3, -0.25) is 9.69 Å². The number of nitrogens with zero attached hydrogens (tertiary/aromatic N) is 1. The highest BCUT2D eigenvalue weighted by molar-refractivity contribution is 5.95. The average Bonchev–Trinajstić information content (AvgIpc) is 2.73. The molecule has 0 bridgehead atoms. The van der Waals surface area contributed by atoms with Gasteiger partial charge in [-0.15, -0.1) is 0 Å². The molecule has 0 saturated carbocycles. The normalized spacial score (nSPS) is 20.2. The van der Waals surface area contributed by atoms with E-state index >= 15 is 0 Å². The van der Waals surface area contributed by atoms with E-state index in [9.17, 15) is 14.3 Å². The van der Waals surface area contributed by atoms with Gasteiger partial charge in [0.1, 0.15) is 5.82 Å². The van der Waals surface area contributed by atoms with Crippen LogP contribution in [0.4, 0.5) is 4.39 Å². The van der Waals surface area contributed by atoms with Crippen LogP contribution in [0.25, 0.3) is 0 Å². The SMILES string of the molecule is O=C(CCCN1CCCCCC1CO)c1ccc(F)cc1. The van der Waals surface area contributed by atoms with Gasteiger partial charge < -0.3 is 5.11 Å². The number of benzene rings is 1. The Balaban J connectivity index is 1.79. The molecule has 0 aromatic heterocycles. The Hall–Kier alpha value is -1.26. The summed E-state index contributed by atoms with van der Waals surface area (Å²) in [5, 5.41) is 9.45. The van der Waals surface area contributed by atoms with Crippen LogP contribution in [-0.4, -0.2) is 41.5 Å². The molecule has 116 valence electrons. The van der Waals surface area contributed by atoms with Crippen LogP contribution < -0.4 is 0 Å². The Labute approximate surface area is 125 Å². The van der Waals surface area contributed by atoms with Crippen molar-refractivity contribution >= 4 is 5.78 Å². The van der Waals surface area contributed by atoms with Crippen molar-refractivity contribution in [3.8, 4) is 0 Å². The highest BCUT2D eigenvalue weighted by Gasteiger charge is 2.19. The molecule has 1 unspecified atom stereocenters. The van der Waals surface area contributed by atoms with Gasteiger partial charge >= 0.3 is 0 Å². The first-order chi connectivity index (χ1) is 10.2. The average molecular weight is 293 g/mol. The van der Waals surface area contributed by atoms with E-state index in [1.165, 1.54) is 31.4 Å². The smallest absolute Gasteiger partial charge is 0.162 e. The summed E-state index contributed by atoms with van der Waals surface area (Å²) in [5.74, 6) is -0.257. The number of Topliss-reactive ketones (excluding diaryl/α,β-unsaturated/α-hetero) is 1. The molecule has 0 amide bonds. The van der Waals surface area contributed by atoms with Crippen LogP contribution in [0.5, 0.6) is 0 Å². The second-order valence-corrected chi connectivity index (χ2v) is 5.76.